The van der Waals surface area contributed by atoms with Gasteiger partial charge < -0.3 is 10.4 Å². The van der Waals surface area contributed by atoms with Crippen LogP contribution in [0.15, 0.2) is 57.3 Å². The molecule has 0 aliphatic rings. The van der Waals surface area contributed by atoms with E-state index in [4.69, 9.17) is 0 Å². The Morgan fingerprint density at radius 2 is 2.22 bits per heavy atom. The van der Waals surface area contributed by atoms with Crippen molar-refractivity contribution in [2.24, 2.45) is 0 Å². The lowest BCUT2D eigenvalue weighted by molar-refractivity contribution is 0.0720. The second kappa shape index (κ2) is 6.92. The summed E-state index contributed by atoms with van der Waals surface area (Å²) >= 11 is 6.27. The maximum absolute atomic E-state index is 12.3. The zero-order valence-electron chi connectivity index (χ0n) is 11.9. The fourth-order valence-electron chi connectivity index (χ4n) is 2.19. The quantitative estimate of drug-likeness (QED) is 0.677. The van der Waals surface area contributed by atoms with Crippen molar-refractivity contribution in [3.63, 3.8) is 0 Å². The highest BCUT2D eigenvalue weighted by atomic mass is 79.9. The van der Waals surface area contributed by atoms with Gasteiger partial charge in [0.15, 0.2) is 0 Å². The third-order valence-electron chi connectivity index (χ3n) is 3.40. The van der Waals surface area contributed by atoms with E-state index in [1.165, 1.54) is 28.9 Å². The van der Waals surface area contributed by atoms with Crippen LogP contribution >= 0.6 is 38.6 Å². The lowest BCUT2D eigenvalue weighted by Gasteiger charge is -2.27. The number of nitrogens with zero attached hydrogens (tertiary/aromatic N) is 1. The minimum absolute atomic E-state index is 0.0929. The number of carbonyl (C=O) groups excluding carboxylic acids is 1. The van der Waals surface area contributed by atoms with Crippen molar-refractivity contribution in [1.29, 1.82) is 0 Å². The number of thiophene rings is 2. The predicted octanol–water partition coefficient (Wildman–Crippen LogP) is 3.63. The molecule has 0 aromatic carbocycles. The number of nitrogens with one attached hydrogen (secondary N) is 1. The van der Waals surface area contributed by atoms with Crippen LogP contribution in [0.5, 0.6) is 0 Å². The lowest BCUT2D eigenvalue weighted by atomic mass is 9.94. The minimum Gasteiger partial charge on any atom is -0.378 e. The van der Waals surface area contributed by atoms with Crippen molar-refractivity contribution < 1.29 is 9.90 Å². The second-order valence-corrected chi connectivity index (χ2v) is 7.57. The molecule has 0 aliphatic heterocycles. The molecule has 7 heteroatoms. The van der Waals surface area contributed by atoms with Crippen LogP contribution in [0.3, 0.4) is 0 Å². The first-order chi connectivity index (χ1) is 11.1. The van der Waals surface area contributed by atoms with Gasteiger partial charge in [-0.2, -0.15) is 11.3 Å². The SMILES string of the molecule is O=C(NC[C@@](O)(c1ccsc1)c1cccs1)c1cncc(Br)c1. The van der Waals surface area contributed by atoms with Gasteiger partial charge in [0, 0.05) is 27.3 Å². The molecule has 4 nitrogen and oxygen atoms in total. The Bertz CT molecular complexity index is 754. The summed E-state index contributed by atoms with van der Waals surface area (Å²) in [6.45, 7) is 0.0929. The smallest absolute Gasteiger partial charge is 0.253 e. The average molecular weight is 409 g/mol. The van der Waals surface area contributed by atoms with Crippen LogP contribution in [0.25, 0.3) is 0 Å². The summed E-state index contributed by atoms with van der Waals surface area (Å²) in [6.07, 6.45) is 3.11. The van der Waals surface area contributed by atoms with Crippen LogP contribution < -0.4 is 5.32 Å². The number of aliphatic hydroxyl groups is 1. The molecule has 3 aromatic heterocycles. The number of amides is 1. The minimum atomic E-state index is -1.23. The van der Waals surface area contributed by atoms with Crippen molar-refractivity contribution >= 4 is 44.5 Å². The van der Waals surface area contributed by atoms with E-state index >= 15 is 0 Å². The fraction of sp³-hybridized carbons (Fsp3) is 0.125. The number of hydrogen-bond donors (Lipinski definition) is 2. The van der Waals surface area contributed by atoms with E-state index in [0.29, 0.717) is 5.56 Å². The number of pyridine rings is 1. The molecule has 23 heavy (non-hydrogen) atoms. The Hall–Kier alpha value is -1.54. The molecule has 0 bridgehead atoms. The summed E-state index contributed by atoms with van der Waals surface area (Å²) in [5.41, 5.74) is -0.0145. The topological polar surface area (TPSA) is 62.2 Å². The molecule has 0 saturated carbocycles. The fourth-order valence-corrected chi connectivity index (χ4v) is 4.13. The molecule has 0 radical (unpaired) electrons. The van der Waals surface area contributed by atoms with E-state index in [2.05, 4.69) is 26.2 Å². The highest BCUT2D eigenvalue weighted by molar-refractivity contribution is 9.10. The van der Waals surface area contributed by atoms with Gasteiger partial charge in [-0.25, -0.2) is 0 Å². The standard InChI is InChI=1S/C16H13BrN2O2S2/c17-13-6-11(7-18-8-13)15(20)19-10-16(21,12-3-5-22-9-12)14-2-1-4-23-14/h1-9,21H,10H2,(H,19,20)/t16-/m1/s1. The van der Waals surface area contributed by atoms with Gasteiger partial charge >= 0.3 is 0 Å². The van der Waals surface area contributed by atoms with Crippen LogP contribution in [-0.2, 0) is 5.60 Å². The zero-order valence-corrected chi connectivity index (χ0v) is 15.1. The van der Waals surface area contributed by atoms with E-state index < -0.39 is 5.60 Å². The van der Waals surface area contributed by atoms with Gasteiger partial charge in [-0.1, -0.05) is 6.07 Å². The average Bonchev–Trinajstić information content (AvgIpc) is 3.25. The molecule has 0 spiro atoms. The molecule has 0 fully saturated rings. The highest BCUT2D eigenvalue weighted by Crippen LogP contribution is 2.33. The van der Waals surface area contributed by atoms with E-state index in [9.17, 15) is 9.90 Å². The molecule has 3 aromatic rings. The first kappa shape index (κ1) is 16.3. The largest absolute Gasteiger partial charge is 0.378 e. The van der Waals surface area contributed by atoms with E-state index in [1.807, 2.05) is 34.3 Å². The van der Waals surface area contributed by atoms with E-state index in [0.717, 1.165) is 14.9 Å². The highest BCUT2D eigenvalue weighted by Gasteiger charge is 2.33. The molecule has 0 unspecified atom stereocenters. The molecule has 118 valence electrons. The maximum atomic E-state index is 12.3. The first-order valence-corrected chi connectivity index (χ1v) is 9.39. The maximum Gasteiger partial charge on any atom is 0.253 e. The number of rotatable bonds is 5. The molecular formula is C16H13BrN2O2S2. The summed E-state index contributed by atoms with van der Waals surface area (Å²) in [5, 5.41) is 19.7. The monoisotopic (exact) mass is 408 g/mol. The first-order valence-electron chi connectivity index (χ1n) is 6.77. The number of halogens is 1. The van der Waals surface area contributed by atoms with Crippen LogP contribution in [0, 0.1) is 0 Å². The van der Waals surface area contributed by atoms with Gasteiger partial charge in [0.2, 0.25) is 0 Å². The summed E-state index contributed by atoms with van der Waals surface area (Å²) in [4.78, 5) is 17.1. The van der Waals surface area contributed by atoms with Crippen molar-refractivity contribution in [2.45, 2.75) is 5.60 Å². The number of hydrogen-bond acceptors (Lipinski definition) is 5. The van der Waals surface area contributed by atoms with Crippen molar-refractivity contribution in [2.75, 3.05) is 6.54 Å². The Morgan fingerprint density at radius 3 is 2.87 bits per heavy atom. The van der Waals surface area contributed by atoms with E-state index in [1.54, 1.807) is 12.3 Å². The Kier molecular flexibility index (Phi) is 4.91. The second-order valence-electron chi connectivity index (χ2n) is 4.92. The normalized spacial score (nSPS) is 13.5. The third kappa shape index (κ3) is 3.53. The molecule has 3 rings (SSSR count). The van der Waals surface area contributed by atoms with Gasteiger partial charge in [0.25, 0.3) is 5.91 Å². The molecule has 1 atom stereocenters. The molecule has 1 amide bonds. The predicted molar refractivity (Wildman–Crippen MR) is 95.9 cm³/mol. The Balaban J connectivity index is 1.82. The molecular weight excluding hydrogens is 396 g/mol. The summed E-state index contributed by atoms with van der Waals surface area (Å²) in [5.74, 6) is -0.274. The number of aromatic nitrogens is 1. The zero-order chi connectivity index (χ0) is 16.3. The summed E-state index contributed by atoms with van der Waals surface area (Å²) in [6, 6.07) is 7.32. The lowest BCUT2D eigenvalue weighted by Crippen LogP contribution is -2.41. The molecule has 0 aliphatic carbocycles. The number of carbonyl (C=O) groups is 1. The molecule has 0 saturated heterocycles. The van der Waals surface area contributed by atoms with Gasteiger partial charge in [0.05, 0.1) is 12.1 Å². The summed E-state index contributed by atoms with van der Waals surface area (Å²) in [7, 11) is 0. The summed E-state index contributed by atoms with van der Waals surface area (Å²) < 4.78 is 0.733. The van der Waals surface area contributed by atoms with Crippen LogP contribution in [0.1, 0.15) is 20.8 Å². The van der Waals surface area contributed by atoms with Crippen LogP contribution in [-0.4, -0.2) is 22.5 Å². The van der Waals surface area contributed by atoms with Gasteiger partial charge in [-0.05, 0) is 50.3 Å². The van der Waals surface area contributed by atoms with Crippen LogP contribution in [0.4, 0.5) is 0 Å². The molecule has 2 N–H and O–H groups in total. The Labute approximate surface area is 150 Å². The van der Waals surface area contributed by atoms with E-state index in [-0.39, 0.29) is 12.5 Å². The van der Waals surface area contributed by atoms with Crippen LogP contribution in [0.2, 0.25) is 0 Å². The van der Waals surface area contributed by atoms with Gasteiger partial charge in [-0.3, -0.25) is 9.78 Å². The Morgan fingerprint density at radius 1 is 1.35 bits per heavy atom. The van der Waals surface area contributed by atoms with Crippen molar-refractivity contribution in [1.82, 2.24) is 10.3 Å². The van der Waals surface area contributed by atoms with Crippen molar-refractivity contribution in [3.8, 4) is 0 Å². The van der Waals surface area contributed by atoms with Gasteiger partial charge in [-0.15, -0.1) is 11.3 Å². The van der Waals surface area contributed by atoms with Crippen molar-refractivity contribution in [3.05, 3.63) is 73.3 Å². The van der Waals surface area contributed by atoms with Gasteiger partial charge in [0.1, 0.15) is 5.60 Å². The third-order valence-corrected chi connectivity index (χ3v) is 5.54. The molecule has 3 heterocycles.